The predicted octanol–water partition coefficient (Wildman–Crippen LogP) is 2.36. The minimum atomic E-state index is 0.427. The van der Waals surface area contributed by atoms with Crippen LogP contribution in [0.25, 0.3) is 0 Å². The number of halogens is 1. The molecule has 0 saturated heterocycles. The Labute approximate surface area is 83.8 Å². The molecular formula is C9H14ClN3. The second-order valence-corrected chi connectivity index (χ2v) is 3.47. The molecule has 0 fully saturated rings. The van der Waals surface area contributed by atoms with Gasteiger partial charge in [-0.25, -0.2) is 9.97 Å². The summed E-state index contributed by atoms with van der Waals surface area (Å²) in [5, 5.41) is 0.490. The molecule has 1 heterocycles. The number of hydrogen-bond donors (Lipinski definition) is 0. The minimum absolute atomic E-state index is 0.427. The van der Waals surface area contributed by atoms with Crippen molar-refractivity contribution in [2.24, 2.45) is 0 Å². The van der Waals surface area contributed by atoms with E-state index in [0.29, 0.717) is 11.2 Å². The second kappa shape index (κ2) is 4.42. The maximum atomic E-state index is 5.77. The largest absolute Gasteiger partial charge is 0.354 e. The highest BCUT2D eigenvalue weighted by atomic mass is 35.5. The molecule has 1 rings (SSSR count). The van der Waals surface area contributed by atoms with E-state index in [-0.39, 0.29) is 0 Å². The van der Waals surface area contributed by atoms with Gasteiger partial charge in [-0.05, 0) is 20.8 Å². The number of rotatable bonds is 3. The SMILES string of the molecule is CCN(c1cc(Cl)ncn1)C(C)C. The standard InChI is InChI=1S/C9H14ClN3/c1-4-13(7(2)3)9-5-8(10)11-6-12-9/h5-7H,4H2,1-3H3. The molecule has 0 saturated carbocycles. The molecular weight excluding hydrogens is 186 g/mol. The smallest absolute Gasteiger partial charge is 0.134 e. The molecule has 0 aliphatic rings. The Bertz CT molecular complexity index is 275. The van der Waals surface area contributed by atoms with Gasteiger partial charge in [0.1, 0.15) is 17.3 Å². The molecule has 72 valence electrons. The summed E-state index contributed by atoms with van der Waals surface area (Å²) in [6, 6.07) is 2.21. The lowest BCUT2D eigenvalue weighted by molar-refractivity contribution is 0.692. The van der Waals surface area contributed by atoms with Crippen LogP contribution in [0.3, 0.4) is 0 Å². The lowest BCUT2D eigenvalue weighted by Gasteiger charge is -2.25. The third-order valence-corrected chi connectivity index (χ3v) is 2.08. The summed E-state index contributed by atoms with van der Waals surface area (Å²) >= 11 is 5.77. The van der Waals surface area contributed by atoms with Gasteiger partial charge in [-0.3, -0.25) is 0 Å². The van der Waals surface area contributed by atoms with Crippen molar-refractivity contribution >= 4 is 17.4 Å². The van der Waals surface area contributed by atoms with Crippen molar-refractivity contribution in [3.05, 3.63) is 17.5 Å². The topological polar surface area (TPSA) is 29.0 Å². The number of nitrogens with zero attached hydrogens (tertiary/aromatic N) is 3. The van der Waals surface area contributed by atoms with Crippen LogP contribution < -0.4 is 4.90 Å². The zero-order valence-electron chi connectivity index (χ0n) is 8.16. The Balaban J connectivity index is 2.91. The van der Waals surface area contributed by atoms with Crippen LogP contribution in [0.2, 0.25) is 5.15 Å². The molecule has 0 aliphatic carbocycles. The van der Waals surface area contributed by atoms with Gasteiger partial charge in [-0.15, -0.1) is 0 Å². The summed E-state index contributed by atoms with van der Waals surface area (Å²) in [6.45, 7) is 7.26. The highest BCUT2D eigenvalue weighted by molar-refractivity contribution is 6.29. The van der Waals surface area contributed by atoms with Crippen molar-refractivity contribution < 1.29 is 0 Å². The van der Waals surface area contributed by atoms with Crippen LogP contribution >= 0.6 is 11.6 Å². The van der Waals surface area contributed by atoms with E-state index < -0.39 is 0 Å². The fourth-order valence-electron chi connectivity index (χ4n) is 1.27. The first-order valence-corrected chi connectivity index (χ1v) is 4.77. The third-order valence-electron chi connectivity index (χ3n) is 1.88. The van der Waals surface area contributed by atoms with E-state index in [4.69, 9.17) is 11.6 Å². The van der Waals surface area contributed by atoms with E-state index in [9.17, 15) is 0 Å². The number of aromatic nitrogens is 2. The van der Waals surface area contributed by atoms with Gasteiger partial charge in [0, 0.05) is 18.7 Å². The lowest BCUT2D eigenvalue weighted by Crippen LogP contribution is -2.31. The average molecular weight is 200 g/mol. The first kappa shape index (κ1) is 10.3. The molecule has 0 bridgehead atoms. The number of anilines is 1. The van der Waals surface area contributed by atoms with Crippen molar-refractivity contribution in [1.82, 2.24) is 9.97 Å². The zero-order valence-corrected chi connectivity index (χ0v) is 8.91. The van der Waals surface area contributed by atoms with Crippen molar-refractivity contribution in [2.45, 2.75) is 26.8 Å². The van der Waals surface area contributed by atoms with E-state index in [1.807, 2.05) is 0 Å². The zero-order chi connectivity index (χ0) is 9.84. The summed E-state index contributed by atoms with van der Waals surface area (Å²) in [5.74, 6) is 0.887. The van der Waals surface area contributed by atoms with Crippen LogP contribution in [0.5, 0.6) is 0 Å². The van der Waals surface area contributed by atoms with Crippen LogP contribution in [-0.2, 0) is 0 Å². The van der Waals surface area contributed by atoms with E-state index in [2.05, 4.69) is 35.6 Å². The molecule has 0 radical (unpaired) electrons. The molecule has 1 aromatic rings. The summed E-state index contributed by atoms with van der Waals surface area (Å²) in [4.78, 5) is 10.2. The second-order valence-electron chi connectivity index (χ2n) is 3.08. The summed E-state index contributed by atoms with van der Waals surface area (Å²) in [5.41, 5.74) is 0. The molecule has 0 N–H and O–H groups in total. The van der Waals surface area contributed by atoms with Crippen LogP contribution in [-0.4, -0.2) is 22.6 Å². The van der Waals surface area contributed by atoms with Gasteiger partial charge in [0.05, 0.1) is 0 Å². The minimum Gasteiger partial charge on any atom is -0.354 e. The van der Waals surface area contributed by atoms with E-state index in [0.717, 1.165) is 12.4 Å². The molecule has 0 atom stereocenters. The van der Waals surface area contributed by atoms with Gasteiger partial charge in [-0.2, -0.15) is 0 Å². The van der Waals surface area contributed by atoms with Crippen molar-refractivity contribution in [2.75, 3.05) is 11.4 Å². The Morgan fingerprint density at radius 1 is 1.46 bits per heavy atom. The highest BCUT2D eigenvalue weighted by Gasteiger charge is 2.09. The van der Waals surface area contributed by atoms with Crippen molar-refractivity contribution in [3.63, 3.8) is 0 Å². The Kier molecular flexibility index (Phi) is 3.48. The van der Waals surface area contributed by atoms with Crippen molar-refractivity contribution in [1.29, 1.82) is 0 Å². The molecule has 0 amide bonds. The molecule has 0 spiro atoms. The molecule has 3 nitrogen and oxygen atoms in total. The molecule has 1 aromatic heterocycles. The fraction of sp³-hybridized carbons (Fsp3) is 0.556. The normalized spacial score (nSPS) is 10.5. The Morgan fingerprint density at radius 3 is 2.62 bits per heavy atom. The lowest BCUT2D eigenvalue weighted by atomic mass is 10.3. The predicted molar refractivity (Wildman–Crippen MR) is 55.2 cm³/mol. The van der Waals surface area contributed by atoms with Gasteiger partial charge in [0.2, 0.25) is 0 Å². The van der Waals surface area contributed by atoms with Gasteiger partial charge in [0.15, 0.2) is 0 Å². The van der Waals surface area contributed by atoms with Gasteiger partial charge in [0.25, 0.3) is 0 Å². The monoisotopic (exact) mass is 199 g/mol. The van der Waals surface area contributed by atoms with Gasteiger partial charge in [-0.1, -0.05) is 11.6 Å². The maximum Gasteiger partial charge on any atom is 0.134 e. The van der Waals surface area contributed by atoms with E-state index >= 15 is 0 Å². The summed E-state index contributed by atoms with van der Waals surface area (Å²) in [6.07, 6.45) is 1.49. The third kappa shape index (κ3) is 2.56. The first-order valence-electron chi connectivity index (χ1n) is 4.39. The maximum absolute atomic E-state index is 5.77. The Hall–Kier alpha value is -0.830. The molecule has 0 aromatic carbocycles. The highest BCUT2D eigenvalue weighted by Crippen LogP contribution is 2.15. The van der Waals surface area contributed by atoms with Crippen LogP contribution in [0, 0.1) is 0 Å². The Morgan fingerprint density at radius 2 is 2.15 bits per heavy atom. The van der Waals surface area contributed by atoms with E-state index in [1.165, 1.54) is 6.33 Å². The fourth-order valence-corrected chi connectivity index (χ4v) is 1.41. The quantitative estimate of drug-likeness (QED) is 0.700. The molecule has 13 heavy (non-hydrogen) atoms. The van der Waals surface area contributed by atoms with Crippen LogP contribution in [0.15, 0.2) is 12.4 Å². The first-order chi connectivity index (χ1) is 6.15. The average Bonchev–Trinajstić information content (AvgIpc) is 2.04. The summed E-state index contributed by atoms with van der Waals surface area (Å²) in [7, 11) is 0. The van der Waals surface area contributed by atoms with Gasteiger partial charge >= 0.3 is 0 Å². The van der Waals surface area contributed by atoms with Crippen LogP contribution in [0.4, 0.5) is 5.82 Å². The summed E-state index contributed by atoms with van der Waals surface area (Å²) < 4.78 is 0. The molecule has 0 aliphatic heterocycles. The van der Waals surface area contributed by atoms with E-state index in [1.54, 1.807) is 6.07 Å². The van der Waals surface area contributed by atoms with Crippen molar-refractivity contribution in [3.8, 4) is 0 Å². The molecule has 0 unspecified atom stereocenters. The van der Waals surface area contributed by atoms with Gasteiger partial charge < -0.3 is 4.90 Å². The van der Waals surface area contributed by atoms with Crippen LogP contribution in [0.1, 0.15) is 20.8 Å². The molecule has 4 heteroatoms. The number of hydrogen-bond acceptors (Lipinski definition) is 3.